The molecule has 6 nitrogen and oxygen atoms in total. The SMILES string of the molecule is C#CC(=Cc1oc2ccc(-c3ccccc3)cc2[n+]1CCCOc1ccccc1)C=C1Oc2ccc(-c3ccccc3)cc2N1CCCOc1ccccc1. The summed E-state index contributed by atoms with van der Waals surface area (Å²) in [4.78, 5) is 2.18. The van der Waals surface area contributed by atoms with Gasteiger partial charge in [-0.05, 0) is 71.1 Å². The topological polar surface area (TPSA) is 48.0 Å². The molecule has 0 spiro atoms. The molecule has 1 aromatic heterocycles. The highest BCUT2D eigenvalue weighted by atomic mass is 16.5. The highest BCUT2D eigenvalue weighted by Crippen LogP contribution is 2.42. The highest BCUT2D eigenvalue weighted by Gasteiger charge is 2.28. The van der Waals surface area contributed by atoms with Crippen LogP contribution >= 0.6 is 0 Å². The van der Waals surface area contributed by atoms with Crippen molar-refractivity contribution in [2.24, 2.45) is 0 Å². The molecule has 0 fully saturated rings. The van der Waals surface area contributed by atoms with Gasteiger partial charge in [0, 0.05) is 30.7 Å². The molecule has 0 saturated heterocycles. The lowest BCUT2D eigenvalue weighted by molar-refractivity contribution is -0.678. The summed E-state index contributed by atoms with van der Waals surface area (Å²) >= 11 is 0. The van der Waals surface area contributed by atoms with Gasteiger partial charge in [-0.3, -0.25) is 0 Å². The lowest BCUT2D eigenvalue weighted by atomic mass is 10.0. The molecule has 0 amide bonds. The average molecular weight is 722 g/mol. The fourth-order valence-electron chi connectivity index (χ4n) is 6.75. The van der Waals surface area contributed by atoms with Crippen LogP contribution in [0.15, 0.2) is 180 Å². The molecule has 1 aliphatic heterocycles. The number of anilines is 1. The molecule has 0 saturated carbocycles. The van der Waals surface area contributed by atoms with E-state index < -0.39 is 0 Å². The second kappa shape index (κ2) is 16.8. The lowest BCUT2D eigenvalue weighted by Crippen LogP contribution is -2.36. The van der Waals surface area contributed by atoms with Crippen LogP contribution in [0.3, 0.4) is 0 Å². The number of hydrogen-bond donors (Lipinski definition) is 0. The minimum absolute atomic E-state index is 0.553. The largest absolute Gasteiger partial charge is 0.494 e. The van der Waals surface area contributed by atoms with Gasteiger partial charge in [-0.1, -0.05) is 115 Å². The van der Waals surface area contributed by atoms with Gasteiger partial charge in [0.1, 0.15) is 11.5 Å². The Morgan fingerprint density at radius 3 is 1.87 bits per heavy atom. The fourth-order valence-corrected chi connectivity index (χ4v) is 6.75. The van der Waals surface area contributed by atoms with Gasteiger partial charge in [0.25, 0.3) is 5.52 Å². The van der Waals surface area contributed by atoms with E-state index >= 15 is 0 Å². The molecule has 0 unspecified atom stereocenters. The fraction of sp³-hybridized carbons (Fsp3) is 0.122. The molecule has 270 valence electrons. The van der Waals surface area contributed by atoms with Gasteiger partial charge in [-0.15, -0.1) is 6.42 Å². The third-order valence-corrected chi connectivity index (χ3v) is 9.48. The van der Waals surface area contributed by atoms with Gasteiger partial charge >= 0.3 is 5.89 Å². The second-order valence-corrected chi connectivity index (χ2v) is 13.2. The molecule has 1 aliphatic rings. The summed E-state index contributed by atoms with van der Waals surface area (Å²) in [6, 6.07) is 53.1. The number of nitrogens with zero attached hydrogens (tertiary/aromatic N) is 2. The number of allylic oxidation sites excluding steroid dienone is 2. The number of oxazole rings is 1. The number of rotatable bonds is 14. The monoisotopic (exact) mass is 721 g/mol. The Kier molecular flexibility index (Phi) is 10.7. The van der Waals surface area contributed by atoms with Gasteiger partial charge in [-0.2, -0.15) is 4.57 Å². The molecule has 7 aromatic rings. The molecule has 6 heteroatoms. The second-order valence-electron chi connectivity index (χ2n) is 13.2. The molecule has 2 heterocycles. The van der Waals surface area contributed by atoms with Crippen LogP contribution in [0.1, 0.15) is 18.7 Å². The van der Waals surface area contributed by atoms with E-state index in [1.807, 2.05) is 97.1 Å². The van der Waals surface area contributed by atoms with Crippen molar-refractivity contribution in [2.75, 3.05) is 24.7 Å². The average Bonchev–Trinajstić information content (AvgIpc) is 3.77. The van der Waals surface area contributed by atoms with Crippen LogP contribution in [0, 0.1) is 12.3 Å². The predicted octanol–water partition coefficient (Wildman–Crippen LogP) is 10.7. The minimum atomic E-state index is 0.553. The van der Waals surface area contributed by atoms with Crippen LogP contribution in [0.5, 0.6) is 17.2 Å². The van der Waals surface area contributed by atoms with Crippen LogP contribution in [0.25, 0.3) is 39.4 Å². The Labute approximate surface area is 322 Å². The maximum Gasteiger partial charge on any atom is 0.375 e. The van der Waals surface area contributed by atoms with Crippen molar-refractivity contribution in [3.63, 3.8) is 0 Å². The number of benzene rings is 6. The number of fused-ring (bicyclic) bond motifs is 2. The Morgan fingerprint density at radius 2 is 1.24 bits per heavy atom. The predicted molar refractivity (Wildman–Crippen MR) is 220 cm³/mol. The maximum absolute atomic E-state index is 6.53. The van der Waals surface area contributed by atoms with Crippen LogP contribution < -0.4 is 23.7 Å². The third-order valence-electron chi connectivity index (χ3n) is 9.48. The number of para-hydroxylation sites is 2. The van der Waals surface area contributed by atoms with Crippen molar-refractivity contribution < 1.29 is 23.2 Å². The van der Waals surface area contributed by atoms with Crippen LogP contribution in [-0.4, -0.2) is 19.8 Å². The molecular formula is C49H41N2O4+. The first-order valence-electron chi connectivity index (χ1n) is 18.6. The van der Waals surface area contributed by atoms with Gasteiger partial charge in [0.05, 0.1) is 25.0 Å². The number of hydrogen-bond acceptors (Lipinski definition) is 5. The first-order valence-corrected chi connectivity index (χ1v) is 18.6. The van der Waals surface area contributed by atoms with Crippen molar-refractivity contribution in [3.05, 3.63) is 181 Å². The number of aryl methyl sites for hydroxylation is 1. The summed E-state index contributed by atoms with van der Waals surface area (Å²) in [6.07, 6.45) is 11.6. The van der Waals surface area contributed by atoms with E-state index in [-0.39, 0.29) is 0 Å². The van der Waals surface area contributed by atoms with Crippen molar-refractivity contribution in [1.82, 2.24) is 0 Å². The summed E-state index contributed by atoms with van der Waals surface area (Å²) in [5.74, 6) is 6.67. The van der Waals surface area contributed by atoms with Crippen LogP contribution in [0.4, 0.5) is 5.69 Å². The molecule has 0 bridgehead atoms. The summed E-state index contributed by atoms with van der Waals surface area (Å²) in [5.41, 5.74) is 7.85. The number of terminal acetylenes is 1. The van der Waals surface area contributed by atoms with E-state index in [2.05, 4.69) is 88.2 Å². The summed E-state index contributed by atoms with van der Waals surface area (Å²) < 4.78 is 27.3. The Morgan fingerprint density at radius 1 is 0.655 bits per heavy atom. The molecule has 8 rings (SSSR count). The molecule has 55 heavy (non-hydrogen) atoms. The Hall–Kier alpha value is -6.97. The molecular weight excluding hydrogens is 681 g/mol. The zero-order chi connectivity index (χ0) is 37.2. The normalized spacial score (nSPS) is 13.0. The zero-order valence-electron chi connectivity index (χ0n) is 30.5. The number of ether oxygens (including phenoxy) is 3. The van der Waals surface area contributed by atoms with E-state index in [1.165, 1.54) is 0 Å². The Balaban J connectivity index is 1.11. The van der Waals surface area contributed by atoms with E-state index in [0.717, 1.165) is 69.1 Å². The van der Waals surface area contributed by atoms with Gasteiger partial charge < -0.3 is 23.5 Å². The van der Waals surface area contributed by atoms with Crippen molar-refractivity contribution in [3.8, 4) is 51.8 Å². The standard InChI is InChI=1S/C49H41N2O4/c1-2-37(33-48-50(29-15-31-52-42-21-11-5-12-22-42)44-35-40(25-27-46(44)54-48)38-17-7-3-8-18-38)34-49-51(30-16-32-53-43-23-13-6-14-24-43)45-36-41(26-28-47(45)55-49)39-19-9-4-10-20-39/h1,3-14,17-28,33-36H,15-16,29-32H2/q+1. The van der Waals surface area contributed by atoms with Crippen molar-refractivity contribution >= 4 is 22.9 Å². The van der Waals surface area contributed by atoms with E-state index in [1.54, 1.807) is 0 Å². The molecule has 0 radical (unpaired) electrons. The molecule has 0 aliphatic carbocycles. The summed E-state index contributed by atoms with van der Waals surface area (Å²) in [5, 5.41) is 0. The van der Waals surface area contributed by atoms with E-state index in [9.17, 15) is 0 Å². The maximum atomic E-state index is 6.53. The minimum Gasteiger partial charge on any atom is -0.494 e. The summed E-state index contributed by atoms with van der Waals surface area (Å²) in [6.45, 7) is 2.43. The van der Waals surface area contributed by atoms with Crippen LogP contribution in [-0.2, 0) is 6.54 Å². The van der Waals surface area contributed by atoms with Gasteiger partial charge in [-0.25, -0.2) is 0 Å². The van der Waals surface area contributed by atoms with Crippen LogP contribution in [0.2, 0.25) is 0 Å². The molecule has 0 atom stereocenters. The third kappa shape index (κ3) is 8.32. The Bertz CT molecular complexity index is 2470. The van der Waals surface area contributed by atoms with Gasteiger partial charge in [0.2, 0.25) is 11.5 Å². The molecule has 0 N–H and O–H groups in total. The first kappa shape index (κ1) is 35.1. The molecule has 6 aromatic carbocycles. The van der Waals surface area contributed by atoms with Crippen molar-refractivity contribution in [2.45, 2.75) is 19.4 Å². The smallest absolute Gasteiger partial charge is 0.375 e. The summed E-state index contributed by atoms with van der Waals surface area (Å²) in [7, 11) is 0. The zero-order valence-corrected chi connectivity index (χ0v) is 30.5. The quantitative estimate of drug-likeness (QED) is 0.0636. The van der Waals surface area contributed by atoms with E-state index in [4.69, 9.17) is 25.1 Å². The van der Waals surface area contributed by atoms with Crippen molar-refractivity contribution in [1.29, 1.82) is 0 Å². The van der Waals surface area contributed by atoms with Gasteiger partial charge in [0.15, 0.2) is 12.3 Å². The first-order chi connectivity index (χ1) is 27.2. The highest BCUT2D eigenvalue weighted by molar-refractivity contribution is 5.79. The van der Waals surface area contributed by atoms with E-state index in [0.29, 0.717) is 43.7 Å². The number of aromatic nitrogens is 1. The lowest BCUT2D eigenvalue weighted by Gasteiger charge is -2.19.